The smallest absolute Gasteiger partial charge is 0.337 e. The van der Waals surface area contributed by atoms with Crippen molar-refractivity contribution >= 4 is 11.7 Å². The highest BCUT2D eigenvalue weighted by molar-refractivity contribution is 5.89. The van der Waals surface area contributed by atoms with E-state index in [2.05, 4.69) is 5.32 Å². The quantitative estimate of drug-likeness (QED) is 0.768. The first-order chi connectivity index (χ1) is 13.0. The molecule has 0 unspecified atom stereocenters. The van der Waals surface area contributed by atoms with E-state index in [4.69, 9.17) is 9.47 Å². The molecule has 1 fully saturated rings. The number of fused-ring (bicyclic) bond motifs is 3. The maximum atomic E-state index is 14.2. The maximum absolute atomic E-state index is 14.2. The number of carbonyl (C=O) groups excluding carboxylic acids is 1. The van der Waals surface area contributed by atoms with Gasteiger partial charge < -0.3 is 14.8 Å². The van der Waals surface area contributed by atoms with E-state index < -0.39 is 0 Å². The van der Waals surface area contributed by atoms with Crippen LogP contribution in [0.4, 0.5) is 10.1 Å². The number of esters is 1. The second-order valence-electron chi connectivity index (χ2n) is 7.47. The summed E-state index contributed by atoms with van der Waals surface area (Å²) in [7, 11) is 1.38. The molecule has 0 aromatic heterocycles. The van der Waals surface area contributed by atoms with Gasteiger partial charge in [0.25, 0.3) is 0 Å². The number of halogens is 1. The second kappa shape index (κ2) is 6.97. The SMILES string of the molecule is COC(=O)c1ccc([C@@H]2Nc3cc(F)c(C)cc3[C@@H]3OCCC[C@H]23)c(C)c1. The first-order valence-electron chi connectivity index (χ1n) is 9.36. The fourth-order valence-electron chi connectivity index (χ4n) is 4.38. The van der Waals surface area contributed by atoms with Crippen LogP contribution in [0.2, 0.25) is 0 Å². The summed E-state index contributed by atoms with van der Waals surface area (Å²) in [6, 6.07) is 9.11. The number of ether oxygens (including phenoxy) is 2. The monoisotopic (exact) mass is 369 g/mol. The van der Waals surface area contributed by atoms with E-state index in [0.29, 0.717) is 11.1 Å². The van der Waals surface area contributed by atoms with Crippen LogP contribution in [0.25, 0.3) is 0 Å². The molecule has 3 atom stereocenters. The number of carbonyl (C=O) groups is 1. The van der Waals surface area contributed by atoms with E-state index in [-0.39, 0.29) is 29.9 Å². The van der Waals surface area contributed by atoms with Crippen LogP contribution >= 0.6 is 0 Å². The van der Waals surface area contributed by atoms with Gasteiger partial charge in [-0.15, -0.1) is 0 Å². The van der Waals surface area contributed by atoms with Gasteiger partial charge in [-0.3, -0.25) is 0 Å². The van der Waals surface area contributed by atoms with Crippen LogP contribution in [-0.2, 0) is 9.47 Å². The van der Waals surface area contributed by atoms with Gasteiger partial charge in [-0.05, 0) is 67.6 Å². The lowest BCUT2D eigenvalue weighted by Gasteiger charge is -2.44. The molecule has 142 valence electrons. The van der Waals surface area contributed by atoms with Gasteiger partial charge in [0.1, 0.15) is 5.82 Å². The highest BCUT2D eigenvalue weighted by atomic mass is 19.1. The number of nitrogens with one attached hydrogen (secondary N) is 1. The third kappa shape index (κ3) is 3.10. The standard InChI is InChI=1S/C22H24FNO3/c1-12-9-14(22(25)26-3)6-7-15(12)20-16-5-4-8-27-21(16)17-10-13(2)18(23)11-19(17)24-20/h6-7,9-11,16,20-21,24H,4-5,8H2,1-3H3/t16-,20+,21-/m1/s1. The predicted molar refractivity (Wildman–Crippen MR) is 101 cm³/mol. The zero-order valence-electron chi connectivity index (χ0n) is 15.8. The molecule has 0 spiro atoms. The Hall–Kier alpha value is -2.40. The highest BCUT2D eigenvalue weighted by Gasteiger charge is 2.40. The van der Waals surface area contributed by atoms with Crippen LogP contribution in [0.3, 0.4) is 0 Å². The van der Waals surface area contributed by atoms with Gasteiger partial charge in [-0.2, -0.15) is 0 Å². The number of anilines is 1. The summed E-state index contributed by atoms with van der Waals surface area (Å²) >= 11 is 0. The van der Waals surface area contributed by atoms with E-state index in [0.717, 1.165) is 41.8 Å². The Kier molecular flexibility index (Phi) is 4.64. The summed E-state index contributed by atoms with van der Waals surface area (Å²) in [5.41, 5.74) is 5.13. The molecule has 0 radical (unpaired) electrons. The third-order valence-corrected chi connectivity index (χ3v) is 5.77. The van der Waals surface area contributed by atoms with E-state index in [1.165, 1.54) is 7.11 Å². The Morgan fingerprint density at radius 3 is 2.74 bits per heavy atom. The molecule has 4 nitrogen and oxygen atoms in total. The molecule has 2 aromatic rings. The zero-order valence-corrected chi connectivity index (χ0v) is 15.8. The maximum Gasteiger partial charge on any atom is 0.337 e. The normalized spacial score (nSPS) is 23.8. The van der Waals surface area contributed by atoms with Crippen molar-refractivity contribution in [1.82, 2.24) is 0 Å². The largest absolute Gasteiger partial charge is 0.465 e. The fourth-order valence-corrected chi connectivity index (χ4v) is 4.38. The molecule has 0 amide bonds. The van der Waals surface area contributed by atoms with Gasteiger partial charge in [-0.25, -0.2) is 9.18 Å². The molecule has 1 N–H and O–H groups in total. The Labute approximate surface area is 158 Å². The topological polar surface area (TPSA) is 47.6 Å². The summed E-state index contributed by atoms with van der Waals surface area (Å²) in [6.07, 6.45) is 2.00. The number of methoxy groups -OCH3 is 1. The Morgan fingerprint density at radius 1 is 1.19 bits per heavy atom. The number of hydrogen-bond donors (Lipinski definition) is 1. The molecule has 4 rings (SSSR count). The van der Waals surface area contributed by atoms with Crippen molar-refractivity contribution in [3.63, 3.8) is 0 Å². The summed E-state index contributed by atoms with van der Waals surface area (Å²) in [6.45, 7) is 4.51. The molecular weight excluding hydrogens is 345 g/mol. The molecule has 27 heavy (non-hydrogen) atoms. The van der Waals surface area contributed by atoms with Crippen molar-refractivity contribution in [2.75, 3.05) is 19.0 Å². The lowest BCUT2D eigenvalue weighted by atomic mass is 9.76. The van der Waals surface area contributed by atoms with E-state index in [1.54, 1.807) is 19.1 Å². The minimum atomic E-state index is -0.344. The summed E-state index contributed by atoms with van der Waals surface area (Å²) in [4.78, 5) is 11.8. The molecule has 1 saturated heterocycles. The van der Waals surface area contributed by atoms with Gasteiger partial charge in [0, 0.05) is 23.8 Å². The number of hydrogen-bond acceptors (Lipinski definition) is 4. The van der Waals surface area contributed by atoms with Gasteiger partial charge in [0.2, 0.25) is 0 Å². The van der Waals surface area contributed by atoms with Crippen LogP contribution in [0.1, 0.15) is 57.6 Å². The van der Waals surface area contributed by atoms with E-state index >= 15 is 0 Å². The molecule has 0 aliphatic carbocycles. The average molecular weight is 369 g/mol. The van der Waals surface area contributed by atoms with E-state index in [1.807, 2.05) is 25.1 Å². The fraction of sp³-hybridized carbons (Fsp3) is 0.409. The third-order valence-electron chi connectivity index (χ3n) is 5.77. The van der Waals surface area contributed by atoms with E-state index in [9.17, 15) is 9.18 Å². The first kappa shape index (κ1) is 18.0. The van der Waals surface area contributed by atoms with Crippen molar-refractivity contribution in [2.45, 2.75) is 38.8 Å². The first-order valence-corrected chi connectivity index (χ1v) is 9.36. The van der Waals surface area contributed by atoms with Gasteiger partial charge in [0.15, 0.2) is 0 Å². The lowest BCUT2D eigenvalue weighted by Crippen LogP contribution is -2.36. The number of aryl methyl sites for hydroxylation is 2. The summed E-state index contributed by atoms with van der Waals surface area (Å²) in [5.74, 6) is -0.297. The average Bonchev–Trinajstić information content (AvgIpc) is 2.68. The van der Waals surface area contributed by atoms with Gasteiger partial charge in [0.05, 0.1) is 24.8 Å². The minimum absolute atomic E-state index is 0.0107. The predicted octanol–water partition coefficient (Wildman–Crippen LogP) is 4.86. The number of rotatable bonds is 2. The lowest BCUT2D eigenvalue weighted by molar-refractivity contribution is -0.0382. The Balaban J connectivity index is 1.76. The molecule has 2 aliphatic heterocycles. The molecule has 0 saturated carbocycles. The van der Waals surface area contributed by atoms with Crippen LogP contribution in [0.15, 0.2) is 30.3 Å². The number of benzene rings is 2. The van der Waals surface area contributed by atoms with Crippen LogP contribution in [-0.4, -0.2) is 19.7 Å². The van der Waals surface area contributed by atoms with Crippen molar-refractivity contribution < 1.29 is 18.7 Å². The molecular formula is C22H24FNO3. The van der Waals surface area contributed by atoms with Crippen LogP contribution in [0.5, 0.6) is 0 Å². The molecule has 2 aromatic carbocycles. The summed E-state index contributed by atoms with van der Waals surface area (Å²) in [5, 5.41) is 3.55. The highest BCUT2D eigenvalue weighted by Crippen LogP contribution is 2.50. The zero-order chi connectivity index (χ0) is 19.1. The van der Waals surface area contributed by atoms with Crippen molar-refractivity contribution in [1.29, 1.82) is 0 Å². The van der Waals surface area contributed by atoms with Crippen molar-refractivity contribution in [3.05, 3.63) is 64.0 Å². The second-order valence-corrected chi connectivity index (χ2v) is 7.47. The van der Waals surface area contributed by atoms with Crippen molar-refractivity contribution in [3.8, 4) is 0 Å². The molecule has 2 heterocycles. The summed E-state index contributed by atoms with van der Waals surface area (Å²) < 4.78 is 25.1. The molecule has 5 heteroatoms. The van der Waals surface area contributed by atoms with Crippen LogP contribution in [0, 0.1) is 25.6 Å². The van der Waals surface area contributed by atoms with Gasteiger partial charge >= 0.3 is 5.97 Å². The minimum Gasteiger partial charge on any atom is -0.465 e. The van der Waals surface area contributed by atoms with Crippen molar-refractivity contribution in [2.24, 2.45) is 5.92 Å². The van der Waals surface area contributed by atoms with Crippen LogP contribution < -0.4 is 5.32 Å². The Morgan fingerprint density at radius 2 is 2.00 bits per heavy atom. The molecule has 0 bridgehead atoms. The molecule has 2 aliphatic rings. The van der Waals surface area contributed by atoms with Gasteiger partial charge in [-0.1, -0.05) is 6.07 Å². The Bertz CT molecular complexity index is 895.